The van der Waals surface area contributed by atoms with E-state index in [2.05, 4.69) is 4.98 Å². The van der Waals surface area contributed by atoms with Crippen molar-refractivity contribution < 1.29 is 17.6 Å². The van der Waals surface area contributed by atoms with Crippen molar-refractivity contribution in [3.05, 3.63) is 71.9 Å². The van der Waals surface area contributed by atoms with Crippen LogP contribution in [0.2, 0.25) is 0 Å². The summed E-state index contributed by atoms with van der Waals surface area (Å²) in [6, 6.07) is 12.4. The fourth-order valence-corrected chi connectivity index (χ4v) is 5.10. The molecule has 0 radical (unpaired) electrons. The molecule has 0 saturated carbocycles. The molecule has 172 valence electrons. The highest BCUT2D eigenvalue weighted by molar-refractivity contribution is 7.90. The first-order valence-corrected chi connectivity index (χ1v) is 12.5. The number of hydrogen-bond donors (Lipinski definition) is 0. The maximum absolute atomic E-state index is 13.2. The van der Waals surface area contributed by atoms with Crippen LogP contribution in [-0.4, -0.2) is 35.3 Å². The van der Waals surface area contributed by atoms with E-state index < -0.39 is 9.84 Å². The van der Waals surface area contributed by atoms with Crippen LogP contribution in [0.1, 0.15) is 49.5 Å². The topological polar surface area (TPSA) is 85.4 Å². The minimum absolute atomic E-state index is 0.0417. The van der Waals surface area contributed by atoms with Crippen molar-refractivity contribution in [3.8, 4) is 0 Å². The molecule has 0 bridgehead atoms. The molecule has 3 aromatic rings. The zero-order valence-electron chi connectivity index (χ0n) is 19.1. The monoisotopic (exact) mass is 457 g/mol. The van der Waals surface area contributed by atoms with E-state index in [0.717, 1.165) is 0 Å². The highest BCUT2D eigenvalue weighted by atomic mass is 32.2. The quantitative estimate of drug-likeness (QED) is 0.450. The first-order chi connectivity index (χ1) is 15.2. The van der Waals surface area contributed by atoms with Crippen molar-refractivity contribution in [2.75, 3.05) is 6.54 Å². The third-order valence-electron chi connectivity index (χ3n) is 4.88. The Morgan fingerprint density at radius 2 is 1.78 bits per heavy atom. The van der Waals surface area contributed by atoms with Gasteiger partial charge in [0.15, 0.2) is 5.76 Å². The van der Waals surface area contributed by atoms with Gasteiger partial charge in [0.2, 0.25) is 15.0 Å². The first kappa shape index (κ1) is 23.8. The molecule has 2 heterocycles. The summed E-state index contributed by atoms with van der Waals surface area (Å²) in [6.45, 7) is 9.36. The first-order valence-electron chi connectivity index (χ1n) is 10.8. The van der Waals surface area contributed by atoms with Crippen LogP contribution >= 0.6 is 0 Å². The summed E-state index contributed by atoms with van der Waals surface area (Å²) in [5.41, 5.74) is 1.40. The normalized spacial score (nSPS) is 11.9. The highest BCUT2D eigenvalue weighted by Crippen LogP contribution is 2.21. The van der Waals surface area contributed by atoms with E-state index in [1.165, 1.54) is 6.26 Å². The summed E-state index contributed by atoms with van der Waals surface area (Å²) in [4.78, 5) is 19.0. The van der Waals surface area contributed by atoms with Crippen molar-refractivity contribution in [2.45, 2.75) is 51.7 Å². The van der Waals surface area contributed by atoms with E-state index in [1.807, 2.05) is 45.9 Å². The molecule has 3 rings (SSSR count). The average Bonchev–Trinajstić information content (AvgIpc) is 3.38. The third-order valence-corrected chi connectivity index (χ3v) is 6.48. The van der Waals surface area contributed by atoms with Crippen LogP contribution in [0, 0.1) is 11.8 Å². The van der Waals surface area contributed by atoms with Crippen LogP contribution in [0.25, 0.3) is 0 Å². The second-order valence-electron chi connectivity index (χ2n) is 8.84. The van der Waals surface area contributed by atoms with E-state index in [0.29, 0.717) is 24.3 Å². The molecule has 2 aromatic heterocycles. The molecule has 0 atom stereocenters. The largest absolute Gasteiger partial charge is 0.459 e. The molecule has 0 fully saturated rings. The zero-order valence-corrected chi connectivity index (χ0v) is 19.9. The lowest BCUT2D eigenvalue weighted by molar-refractivity contribution is 0.0685. The van der Waals surface area contributed by atoms with Crippen LogP contribution in [0.4, 0.5) is 0 Å². The molecule has 0 saturated heterocycles. The number of furan rings is 1. The maximum Gasteiger partial charge on any atom is 0.289 e. The predicted octanol–water partition coefficient (Wildman–Crippen LogP) is 4.40. The Hall–Kier alpha value is -2.87. The van der Waals surface area contributed by atoms with E-state index in [9.17, 15) is 13.2 Å². The molecular weight excluding hydrogens is 426 g/mol. The number of aromatic nitrogens is 2. The SMILES string of the molecule is CC(C)CN(Cc1cnc(S(=O)(=O)Cc2ccccc2)n1CC(C)C)C(=O)c1ccco1. The molecule has 0 aliphatic heterocycles. The second-order valence-corrected chi connectivity index (χ2v) is 10.7. The van der Waals surface area contributed by atoms with E-state index in [1.54, 1.807) is 39.9 Å². The third kappa shape index (κ3) is 5.88. The summed E-state index contributed by atoms with van der Waals surface area (Å²) in [5, 5.41) is 0.0417. The van der Waals surface area contributed by atoms with E-state index in [4.69, 9.17) is 4.42 Å². The van der Waals surface area contributed by atoms with Gasteiger partial charge >= 0.3 is 0 Å². The molecule has 0 N–H and O–H groups in total. The van der Waals surface area contributed by atoms with Gasteiger partial charge in [0.05, 0.1) is 30.5 Å². The number of nitrogens with zero attached hydrogens (tertiary/aromatic N) is 3. The fraction of sp³-hybridized carbons (Fsp3) is 0.417. The van der Waals surface area contributed by atoms with Gasteiger partial charge in [0, 0.05) is 13.1 Å². The minimum Gasteiger partial charge on any atom is -0.459 e. The van der Waals surface area contributed by atoms with Gasteiger partial charge in [-0.1, -0.05) is 58.0 Å². The highest BCUT2D eigenvalue weighted by Gasteiger charge is 2.27. The number of sulfone groups is 1. The van der Waals surface area contributed by atoms with Crippen LogP contribution in [0.5, 0.6) is 0 Å². The number of amides is 1. The lowest BCUT2D eigenvalue weighted by Crippen LogP contribution is -2.34. The number of carbonyl (C=O) groups is 1. The Balaban J connectivity index is 1.95. The molecule has 1 amide bonds. The van der Waals surface area contributed by atoms with Gasteiger partial charge in [0.1, 0.15) is 0 Å². The molecule has 0 aliphatic carbocycles. The van der Waals surface area contributed by atoms with Gasteiger partial charge in [0.25, 0.3) is 5.91 Å². The zero-order chi connectivity index (χ0) is 23.3. The van der Waals surface area contributed by atoms with Gasteiger partial charge in [-0.15, -0.1) is 0 Å². The molecule has 0 spiro atoms. The summed E-state index contributed by atoms with van der Waals surface area (Å²) < 4.78 is 33.5. The molecule has 32 heavy (non-hydrogen) atoms. The van der Waals surface area contributed by atoms with Gasteiger partial charge in [-0.2, -0.15) is 0 Å². The average molecular weight is 458 g/mol. The summed E-state index contributed by atoms with van der Waals surface area (Å²) in [5.74, 6) is 0.348. The van der Waals surface area contributed by atoms with E-state index >= 15 is 0 Å². The van der Waals surface area contributed by atoms with Gasteiger partial charge in [-0.05, 0) is 29.5 Å². The predicted molar refractivity (Wildman–Crippen MR) is 123 cm³/mol. The Morgan fingerprint density at radius 3 is 2.38 bits per heavy atom. The van der Waals surface area contributed by atoms with Crippen molar-refractivity contribution in [3.63, 3.8) is 0 Å². The number of rotatable bonds is 10. The van der Waals surface area contributed by atoms with Gasteiger partial charge in [-0.25, -0.2) is 13.4 Å². The Labute approximate surface area is 190 Å². The fourth-order valence-electron chi connectivity index (χ4n) is 3.60. The summed E-state index contributed by atoms with van der Waals surface area (Å²) in [7, 11) is -3.66. The molecule has 1 aromatic carbocycles. The Bertz CT molecular complexity index is 1120. The van der Waals surface area contributed by atoms with Crippen LogP contribution < -0.4 is 0 Å². The van der Waals surface area contributed by atoms with Crippen molar-refractivity contribution in [2.24, 2.45) is 11.8 Å². The molecule has 0 unspecified atom stereocenters. The van der Waals surface area contributed by atoms with Crippen LogP contribution in [0.3, 0.4) is 0 Å². The number of hydrogen-bond acceptors (Lipinski definition) is 5. The van der Waals surface area contributed by atoms with Gasteiger partial charge in [-0.3, -0.25) is 4.79 Å². The van der Waals surface area contributed by atoms with Crippen molar-refractivity contribution in [1.29, 1.82) is 0 Å². The summed E-state index contributed by atoms with van der Waals surface area (Å²) >= 11 is 0. The maximum atomic E-state index is 13.2. The van der Waals surface area contributed by atoms with Crippen LogP contribution in [0.15, 0.2) is 64.5 Å². The van der Waals surface area contributed by atoms with Crippen molar-refractivity contribution in [1.82, 2.24) is 14.5 Å². The lowest BCUT2D eigenvalue weighted by Gasteiger charge is -2.25. The summed E-state index contributed by atoms with van der Waals surface area (Å²) in [6.07, 6.45) is 3.04. The smallest absolute Gasteiger partial charge is 0.289 e. The van der Waals surface area contributed by atoms with E-state index in [-0.39, 0.29) is 41.0 Å². The number of carbonyl (C=O) groups excluding carboxylic acids is 1. The molecular formula is C24H31N3O4S. The molecule has 7 nitrogen and oxygen atoms in total. The minimum atomic E-state index is -3.66. The molecule has 8 heteroatoms. The Kier molecular flexibility index (Phi) is 7.56. The van der Waals surface area contributed by atoms with Crippen LogP contribution in [-0.2, 0) is 28.7 Å². The van der Waals surface area contributed by atoms with Crippen molar-refractivity contribution >= 4 is 15.7 Å². The Morgan fingerprint density at radius 1 is 1.06 bits per heavy atom. The second kappa shape index (κ2) is 10.2. The standard InChI is InChI=1S/C24H31N3O4S/c1-18(2)14-26(23(28)22-11-8-12-31-22)16-21-13-25-24(27(21)15-19(3)4)32(29,30)17-20-9-6-5-7-10-20/h5-13,18-19H,14-17H2,1-4H3. The number of imidazole rings is 1. The lowest BCUT2D eigenvalue weighted by atomic mass is 10.2. The number of benzene rings is 1. The molecule has 0 aliphatic rings. The van der Waals surface area contributed by atoms with Gasteiger partial charge < -0.3 is 13.9 Å².